The van der Waals surface area contributed by atoms with Crippen molar-refractivity contribution in [1.82, 2.24) is 0 Å². The summed E-state index contributed by atoms with van der Waals surface area (Å²) in [4.78, 5) is 0. The van der Waals surface area contributed by atoms with E-state index in [-0.39, 0.29) is 0 Å². The maximum Gasteiger partial charge on any atom is 0.136 e. The molecule has 0 atom stereocenters. The number of rotatable bonds is 5. The van der Waals surface area contributed by atoms with Crippen molar-refractivity contribution in [2.24, 2.45) is 0 Å². The van der Waals surface area contributed by atoms with Gasteiger partial charge in [0.15, 0.2) is 0 Å². The summed E-state index contributed by atoms with van der Waals surface area (Å²) >= 11 is 0. The summed E-state index contributed by atoms with van der Waals surface area (Å²) in [5.74, 6) is 0. The zero-order chi connectivity index (χ0) is 19.0. The van der Waals surface area contributed by atoms with Gasteiger partial charge in [0.2, 0.25) is 0 Å². The van der Waals surface area contributed by atoms with E-state index in [4.69, 9.17) is 4.42 Å². The van der Waals surface area contributed by atoms with Gasteiger partial charge in [-0.15, -0.1) is 0 Å². The molecule has 0 radical (unpaired) electrons. The number of hydrogen-bond acceptors (Lipinski definition) is 1. The molecule has 0 aliphatic rings. The molecule has 0 N–H and O–H groups in total. The second-order valence-electron chi connectivity index (χ2n) is 7.75. The Kier molecular flexibility index (Phi) is 4.78. The highest BCUT2D eigenvalue weighted by Crippen LogP contribution is 2.35. The zero-order valence-electron chi connectivity index (χ0n) is 16.9. The van der Waals surface area contributed by atoms with Gasteiger partial charge >= 0.3 is 0 Å². The number of aryl methyl sites for hydroxylation is 4. The van der Waals surface area contributed by atoms with Crippen LogP contribution in [0.15, 0.2) is 52.9 Å². The monoisotopic (exact) mass is 356 g/mol. The average molecular weight is 357 g/mol. The lowest BCUT2D eigenvalue weighted by molar-refractivity contribution is 0.668. The summed E-state index contributed by atoms with van der Waals surface area (Å²) in [5, 5.41) is 2.40. The summed E-state index contributed by atoms with van der Waals surface area (Å²) in [5.41, 5.74) is 10.1. The molecule has 3 aromatic carbocycles. The van der Waals surface area contributed by atoms with Crippen molar-refractivity contribution in [3.63, 3.8) is 0 Å². The molecule has 138 valence electrons. The van der Waals surface area contributed by atoms with Gasteiger partial charge in [-0.3, -0.25) is 0 Å². The van der Waals surface area contributed by atoms with Crippen molar-refractivity contribution in [2.45, 2.75) is 53.4 Å². The van der Waals surface area contributed by atoms with Crippen molar-refractivity contribution in [1.29, 1.82) is 0 Å². The maximum absolute atomic E-state index is 6.20. The van der Waals surface area contributed by atoms with Crippen molar-refractivity contribution in [3.8, 4) is 11.1 Å². The van der Waals surface area contributed by atoms with Gasteiger partial charge in [-0.25, -0.2) is 0 Å². The Morgan fingerprint density at radius 3 is 2.11 bits per heavy atom. The van der Waals surface area contributed by atoms with E-state index >= 15 is 0 Å². The molecule has 4 aromatic rings. The Morgan fingerprint density at radius 2 is 1.37 bits per heavy atom. The van der Waals surface area contributed by atoms with Crippen LogP contribution in [0.5, 0.6) is 0 Å². The third-order valence-electron chi connectivity index (χ3n) is 5.54. The number of hydrogen-bond donors (Lipinski definition) is 0. The first-order valence-corrected chi connectivity index (χ1v) is 10.2. The minimum Gasteiger partial charge on any atom is -0.456 e. The van der Waals surface area contributed by atoms with E-state index in [0.29, 0.717) is 0 Å². The van der Waals surface area contributed by atoms with Crippen LogP contribution in [0, 0.1) is 13.8 Å². The lowest BCUT2D eigenvalue weighted by atomic mass is 9.90. The van der Waals surface area contributed by atoms with Crippen molar-refractivity contribution < 1.29 is 4.42 Å². The van der Waals surface area contributed by atoms with Crippen LogP contribution in [-0.4, -0.2) is 0 Å². The summed E-state index contributed by atoms with van der Waals surface area (Å²) in [7, 11) is 0. The lowest BCUT2D eigenvalue weighted by Crippen LogP contribution is -1.96. The van der Waals surface area contributed by atoms with Gasteiger partial charge in [0.1, 0.15) is 11.2 Å². The predicted octanol–water partition coefficient (Wildman–Crippen LogP) is 7.77. The Balaban J connectivity index is 1.90. The van der Waals surface area contributed by atoms with Crippen LogP contribution in [-0.2, 0) is 12.8 Å². The second-order valence-corrected chi connectivity index (χ2v) is 7.75. The molecule has 4 rings (SSSR count). The Labute approximate surface area is 162 Å². The first kappa shape index (κ1) is 17.9. The Bertz CT molecular complexity index is 1110. The van der Waals surface area contributed by atoms with Crippen LogP contribution >= 0.6 is 0 Å². The molecular weight excluding hydrogens is 328 g/mol. The third kappa shape index (κ3) is 3.27. The van der Waals surface area contributed by atoms with E-state index in [0.717, 1.165) is 30.4 Å². The normalized spacial score (nSPS) is 11.6. The van der Waals surface area contributed by atoms with Crippen LogP contribution in [0.4, 0.5) is 0 Å². The third-order valence-corrected chi connectivity index (χ3v) is 5.54. The minimum absolute atomic E-state index is 0.978. The van der Waals surface area contributed by atoms with Gasteiger partial charge in [-0.05, 0) is 78.3 Å². The molecule has 1 heterocycles. The van der Waals surface area contributed by atoms with E-state index in [1.165, 1.54) is 50.6 Å². The summed E-state index contributed by atoms with van der Waals surface area (Å²) in [6.45, 7) is 8.86. The molecule has 0 amide bonds. The topological polar surface area (TPSA) is 13.1 Å². The molecule has 0 saturated carbocycles. The van der Waals surface area contributed by atoms with Gasteiger partial charge in [0.25, 0.3) is 0 Å². The smallest absolute Gasteiger partial charge is 0.136 e. The summed E-state index contributed by atoms with van der Waals surface area (Å²) in [6, 6.07) is 18.0. The summed E-state index contributed by atoms with van der Waals surface area (Å²) < 4.78 is 6.20. The van der Waals surface area contributed by atoms with E-state index in [1.807, 2.05) is 0 Å². The van der Waals surface area contributed by atoms with E-state index in [1.54, 1.807) is 0 Å². The summed E-state index contributed by atoms with van der Waals surface area (Å²) in [6.07, 6.45) is 4.58. The molecule has 0 aliphatic carbocycles. The highest BCUT2D eigenvalue weighted by molar-refractivity contribution is 6.06. The van der Waals surface area contributed by atoms with Crippen molar-refractivity contribution in [3.05, 3.63) is 70.8 Å². The Hall–Kier alpha value is -2.54. The van der Waals surface area contributed by atoms with Gasteiger partial charge in [0, 0.05) is 10.8 Å². The fraction of sp³-hybridized carbons (Fsp3) is 0.308. The largest absolute Gasteiger partial charge is 0.456 e. The van der Waals surface area contributed by atoms with Crippen molar-refractivity contribution in [2.75, 3.05) is 0 Å². The molecule has 0 unspecified atom stereocenters. The van der Waals surface area contributed by atoms with E-state index in [2.05, 4.69) is 76.2 Å². The first-order valence-electron chi connectivity index (χ1n) is 10.2. The highest BCUT2D eigenvalue weighted by Gasteiger charge is 2.12. The molecule has 27 heavy (non-hydrogen) atoms. The first-order chi connectivity index (χ1) is 13.1. The lowest BCUT2D eigenvalue weighted by Gasteiger charge is -2.14. The minimum atomic E-state index is 0.978. The van der Waals surface area contributed by atoms with Crippen LogP contribution in [0.2, 0.25) is 0 Å². The van der Waals surface area contributed by atoms with E-state index in [9.17, 15) is 0 Å². The molecule has 0 saturated heterocycles. The molecule has 0 bridgehead atoms. The molecule has 1 nitrogen and oxygen atoms in total. The highest BCUT2D eigenvalue weighted by atomic mass is 16.3. The van der Waals surface area contributed by atoms with Crippen molar-refractivity contribution >= 4 is 21.9 Å². The van der Waals surface area contributed by atoms with Crippen LogP contribution in [0.3, 0.4) is 0 Å². The van der Waals surface area contributed by atoms with E-state index < -0.39 is 0 Å². The fourth-order valence-electron chi connectivity index (χ4n) is 4.15. The molecule has 1 aromatic heterocycles. The number of fused-ring (bicyclic) bond motifs is 3. The van der Waals surface area contributed by atoms with Crippen LogP contribution in [0.25, 0.3) is 33.1 Å². The van der Waals surface area contributed by atoms with Gasteiger partial charge in [-0.2, -0.15) is 0 Å². The zero-order valence-corrected chi connectivity index (χ0v) is 16.9. The maximum atomic E-state index is 6.20. The number of benzene rings is 3. The quantitative estimate of drug-likeness (QED) is 0.356. The molecule has 0 spiro atoms. The second kappa shape index (κ2) is 7.23. The molecule has 0 fully saturated rings. The average Bonchev–Trinajstić information content (AvgIpc) is 3.00. The number of furan rings is 1. The van der Waals surface area contributed by atoms with Gasteiger partial charge in [0.05, 0.1) is 0 Å². The van der Waals surface area contributed by atoms with Crippen LogP contribution < -0.4 is 0 Å². The molecular formula is C26H28O. The van der Waals surface area contributed by atoms with Crippen LogP contribution in [0.1, 0.15) is 48.9 Å². The molecule has 0 aliphatic heterocycles. The standard InChI is InChI=1S/C26H28O/c1-5-7-19-15-24(20(8-6-2)14-18(19)4)21-10-12-23-22-11-9-17(3)13-25(22)27-26(23)16-21/h9-16H,5-8H2,1-4H3. The fourth-order valence-corrected chi connectivity index (χ4v) is 4.15. The molecule has 1 heteroatoms. The van der Waals surface area contributed by atoms with Gasteiger partial charge < -0.3 is 4.42 Å². The Morgan fingerprint density at radius 1 is 0.704 bits per heavy atom. The van der Waals surface area contributed by atoms with Gasteiger partial charge in [-0.1, -0.05) is 57.0 Å². The SMILES string of the molecule is CCCc1cc(-c2ccc3c(c2)oc2cc(C)ccc23)c(CCC)cc1C. The predicted molar refractivity (Wildman–Crippen MR) is 117 cm³/mol.